The van der Waals surface area contributed by atoms with Gasteiger partial charge in [0.25, 0.3) is 10.0 Å². The van der Waals surface area contributed by atoms with Crippen molar-refractivity contribution < 1.29 is 18.3 Å². The highest BCUT2D eigenvalue weighted by molar-refractivity contribution is 7.92. The normalized spacial score (nSPS) is 11.2. The molecule has 6 heteroatoms. The first kappa shape index (κ1) is 16.0. The van der Waals surface area contributed by atoms with Gasteiger partial charge in [-0.1, -0.05) is 25.1 Å². The molecule has 0 bridgehead atoms. The Kier molecular flexibility index (Phi) is 4.51. The van der Waals surface area contributed by atoms with Gasteiger partial charge in [-0.2, -0.15) is 0 Å². The average Bonchev–Trinajstić information content (AvgIpc) is 2.47. The number of hydrogen-bond donors (Lipinski definition) is 2. The summed E-state index contributed by atoms with van der Waals surface area (Å²) in [5, 5.41) is 9.09. The third-order valence-corrected chi connectivity index (χ3v) is 4.74. The molecule has 0 aliphatic carbocycles. The van der Waals surface area contributed by atoms with Crippen molar-refractivity contribution in [3.8, 4) is 0 Å². The lowest BCUT2D eigenvalue weighted by Gasteiger charge is -2.10. The molecular formula is C16H17NO4S. The second-order valence-electron chi connectivity index (χ2n) is 4.94. The molecule has 5 nitrogen and oxygen atoms in total. The number of carbonyl (C=O) groups is 1. The molecule has 0 saturated heterocycles. The molecule has 0 aromatic heterocycles. The summed E-state index contributed by atoms with van der Waals surface area (Å²) in [6, 6.07) is 11.1. The molecule has 0 unspecified atom stereocenters. The molecule has 2 aromatic carbocycles. The van der Waals surface area contributed by atoms with Crippen molar-refractivity contribution in [2.45, 2.75) is 25.2 Å². The van der Waals surface area contributed by atoms with E-state index in [0.717, 1.165) is 12.0 Å². The Bertz CT molecular complexity index is 795. The van der Waals surface area contributed by atoms with Crippen LogP contribution in [0.25, 0.3) is 0 Å². The van der Waals surface area contributed by atoms with Crippen LogP contribution in [-0.2, 0) is 16.4 Å². The summed E-state index contributed by atoms with van der Waals surface area (Å²) in [4.78, 5) is 11.0. The molecule has 2 rings (SSSR count). The molecule has 0 spiro atoms. The largest absolute Gasteiger partial charge is 0.478 e. The zero-order valence-electron chi connectivity index (χ0n) is 12.3. The second kappa shape index (κ2) is 6.19. The van der Waals surface area contributed by atoms with E-state index in [0.29, 0.717) is 11.3 Å². The van der Waals surface area contributed by atoms with E-state index in [1.165, 1.54) is 18.2 Å². The zero-order chi connectivity index (χ0) is 16.3. The molecular weight excluding hydrogens is 302 g/mol. The van der Waals surface area contributed by atoms with E-state index in [2.05, 4.69) is 4.72 Å². The smallest absolute Gasteiger partial charge is 0.335 e. The van der Waals surface area contributed by atoms with Gasteiger partial charge in [-0.05, 0) is 48.7 Å². The summed E-state index contributed by atoms with van der Waals surface area (Å²) in [6.45, 7) is 3.63. The number of aromatic carboxylic acids is 1. The van der Waals surface area contributed by atoms with Crippen molar-refractivity contribution in [2.75, 3.05) is 4.72 Å². The van der Waals surface area contributed by atoms with Crippen LogP contribution in [0, 0.1) is 6.92 Å². The van der Waals surface area contributed by atoms with Gasteiger partial charge in [0.05, 0.1) is 10.5 Å². The van der Waals surface area contributed by atoms with Crippen LogP contribution in [0.15, 0.2) is 47.4 Å². The molecule has 2 N–H and O–H groups in total. The van der Waals surface area contributed by atoms with Crippen LogP contribution in [0.1, 0.15) is 28.4 Å². The van der Waals surface area contributed by atoms with Gasteiger partial charge in [-0.25, -0.2) is 13.2 Å². The first-order valence-corrected chi connectivity index (χ1v) is 8.27. The summed E-state index contributed by atoms with van der Waals surface area (Å²) < 4.78 is 27.1. The lowest BCUT2D eigenvalue weighted by molar-refractivity contribution is 0.0696. The molecule has 2 aromatic rings. The number of nitrogens with one attached hydrogen (secondary N) is 1. The minimum atomic E-state index is -3.82. The van der Waals surface area contributed by atoms with E-state index in [4.69, 9.17) is 5.11 Å². The van der Waals surface area contributed by atoms with Crippen LogP contribution in [0.2, 0.25) is 0 Å². The third kappa shape index (κ3) is 3.46. The summed E-state index contributed by atoms with van der Waals surface area (Å²) in [7, 11) is -3.82. The summed E-state index contributed by atoms with van der Waals surface area (Å²) in [5.41, 5.74) is 2.03. The highest BCUT2D eigenvalue weighted by Gasteiger charge is 2.17. The van der Waals surface area contributed by atoms with Gasteiger partial charge in [-0.15, -0.1) is 0 Å². The topological polar surface area (TPSA) is 83.5 Å². The molecule has 0 radical (unpaired) electrons. The highest BCUT2D eigenvalue weighted by atomic mass is 32.2. The molecule has 0 aliphatic heterocycles. The maximum absolute atomic E-state index is 12.3. The van der Waals surface area contributed by atoms with Crippen LogP contribution in [-0.4, -0.2) is 19.5 Å². The highest BCUT2D eigenvalue weighted by Crippen LogP contribution is 2.20. The standard InChI is InChI=1S/C16H17NO4S/c1-3-12-5-7-13(8-6-12)17-22(20,21)14-9-4-11(2)15(10-14)16(18)19/h4-10,17H,3H2,1-2H3,(H,18,19). The Morgan fingerprint density at radius 1 is 1.14 bits per heavy atom. The Hall–Kier alpha value is -2.34. The van der Waals surface area contributed by atoms with Crippen LogP contribution in [0.4, 0.5) is 5.69 Å². The Labute approximate surface area is 129 Å². The van der Waals surface area contributed by atoms with Gasteiger partial charge < -0.3 is 5.11 Å². The number of carboxylic acids is 1. The maximum Gasteiger partial charge on any atom is 0.335 e. The molecule has 22 heavy (non-hydrogen) atoms. The number of carboxylic acid groups (broad SMARTS) is 1. The number of sulfonamides is 1. The lowest BCUT2D eigenvalue weighted by atomic mass is 10.1. The molecule has 0 saturated carbocycles. The van der Waals surface area contributed by atoms with Gasteiger partial charge in [0.15, 0.2) is 0 Å². The van der Waals surface area contributed by atoms with Gasteiger partial charge in [0.1, 0.15) is 0 Å². The van der Waals surface area contributed by atoms with Crippen molar-refractivity contribution >= 4 is 21.7 Å². The van der Waals surface area contributed by atoms with Gasteiger partial charge in [-0.3, -0.25) is 4.72 Å². The SMILES string of the molecule is CCc1ccc(NS(=O)(=O)c2ccc(C)c(C(=O)O)c2)cc1. The molecule has 0 atom stereocenters. The van der Waals surface area contributed by atoms with Crippen LogP contribution in [0.5, 0.6) is 0 Å². The van der Waals surface area contributed by atoms with E-state index in [1.54, 1.807) is 19.1 Å². The van der Waals surface area contributed by atoms with Gasteiger partial charge in [0, 0.05) is 5.69 Å². The second-order valence-corrected chi connectivity index (χ2v) is 6.62. The monoisotopic (exact) mass is 319 g/mol. The Morgan fingerprint density at radius 3 is 2.32 bits per heavy atom. The fourth-order valence-corrected chi connectivity index (χ4v) is 3.11. The van der Waals surface area contributed by atoms with E-state index in [-0.39, 0.29) is 10.5 Å². The van der Waals surface area contributed by atoms with Gasteiger partial charge >= 0.3 is 5.97 Å². The first-order chi connectivity index (χ1) is 10.3. The van der Waals surface area contributed by atoms with Crippen molar-refractivity contribution in [3.05, 3.63) is 59.2 Å². The molecule has 0 aliphatic rings. The van der Waals surface area contributed by atoms with Crippen molar-refractivity contribution in [1.29, 1.82) is 0 Å². The predicted octanol–water partition coefficient (Wildman–Crippen LogP) is 3.06. The Balaban J connectivity index is 2.33. The van der Waals surface area contributed by atoms with E-state index in [1.807, 2.05) is 19.1 Å². The minimum Gasteiger partial charge on any atom is -0.478 e. The Morgan fingerprint density at radius 2 is 1.77 bits per heavy atom. The number of benzene rings is 2. The number of rotatable bonds is 5. The summed E-state index contributed by atoms with van der Waals surface area (Å²) >= 11 is 0. The fraction of sp³-hybridized carbons (Fsp3) is 0.188. The quantitative estimate of drug-likeness (QED) is 0.887. The first-order valence-electron chi connectivity index (χ1n) is 6.79. The van der Waals surface area contributed by atoms with Crippen LogP contribution >= 0.6 is 0 Å². The van der Waals surface area contributed by atoms with Crippen LogP contribution in [0.3, 0.4) is 0 Å². The van der Waals surface area contributed by atoms with E-state index in [9.17, 15) is 13.2 Å². The number of aryl methyl sites for hydroxylation is 2. The van der Waals surface area contributed by atoms with Crippen LogP contribution < -0.4 is 4.72 Å². The van der Waals surface area contributed by atoms with Crippen molar-refractivity contribution in [2.24, 2.45) is 0 Å². The zero-order valence-corrected chi connectivity index (χ0v) is 13.1. The third-order valence-electron chi connectivity index (χ3n) is 3.36. The fourth-order valence-electron chi connectivity index (χ4n) is 2.02. The minimum absolute atomic E-state index is 0.0239. The molecule has 0 amide bonds. The summed E-state index contributed by atoms with van der Waals surface area (Å²) in [5.74, 6) is -1.15. The van der Waals surface area contributed by atoms with E-state index >= 15 is 0 Å². The van der Waals surface area contributed by atoms with Crippen molar-refractivity contribution in [3.63, 3.8) is 0 Å². The summed E-state index contributed by atoms with van der Waals surface area (Å²) in [6.07, 6.45) is 0.868. The number of anilines is 1. The average molecular weight is 319 g/mol. The molecule has 0 heterocycles. The van der Waals surface area contributed by atoms with Crippen molar-refractivity contribution in [1.82, 2.24) is 0 Å². The lowest BCUT2D eigenvalue weighted by Crippen LogP contribution is -2.14. The van der Waals surface area contributed by atoms with E-state index < -0.39 is 16.0 Å². The molecule has 0 fully saturated rings. The predicted molar refractivity (Wildman–Crippen MR) is 84.8 cm³/mol. The van der Waals surface area contributed by atoms with Gasteiger partial charge in [0.2, 0.25) is 0 Å². The number of hydrogen-bond acceptors (Lipinski definition) is 3. The molecule has 116 valence electrons. The maximum atomic E-state index is 12.3.